The van der Waals surface area contributed by atoms with Crippen LogP contribution in [-0.2, 0) is 4.79 Å². The van der Waals surface area contributed by atoms with E-state index in [-0.39, 0.29) is 0 Å². The van der Waals surface area contributed by atoms with Crippen molar-refractivity contribution in [3.8, 4) is 0 Å². The molecule has 0 radical (unpaired) electrons. The molecule has 0 bridgehead atoms. The average Bonchev–Trinajstić information content (AvgIpc) is 1.83. The van der Waals surface area contributed by atoms with Gasteiger partial charge in [-0.3, -0.25) is 0 Å². The second-order valence-electron chi connectivity index (χ2n) is 2.18. The Labute approximate surface area is 68.1 Å². The van der Waals surface area contributed by atoms with Crippen molar-refractivity contribution in [1.29, 1.82) is 0 Å². The summed E-state index contributed by atoms with van der Waals surface area (Å²) in [6.07, 6.45) is -6.17. The van der Waals surface area contributed by atoms with Crippen LogP contribution in [0, 0.1) is 0 Å². The lowest BCUT2D eigenvalue weighted by Gasteiger charge is -2.22. The van der Waals surface area contributed by atoms with Crippen molar-refractivity contribution in [2.24, 2.45) is 0 Å². The minimum atomic E-state index is -5.47. The van der Waals surface area contributed by atoms with Gasteiger partial charge < -0.3 is 5.11 Å². The molecule has 0 spiro atoms. The maximum atomic E-state index is 12.1. The molecule has 0 unspecified atom stereocenters. The molecule has 0 aromatic carbocycles. The summed E-state index contributed by atoms with van der Waals surface area (Å²) in [5, 5.41) is 7.61. The summed E-state index contributed by atoms with van der Waals surface area (Å²) in [4.78, 5) is 9.57. The van der Waals surface area contributed by atoms with Crippen LogP contribution < -0.4 is 0 Å². The Morgan fingerprint density at radius 1 is 1.23 bits per heavy atom. The first-order valence-corrected chi connectivity index (χ1v) is 2.88. The van der Waals surface area contributed by atoms with Gasteiger partial charge in [-0.25, -0.2) is 13.6 Å². The Bertz CT molecular complexity index is 201. The summed E-state index contributed by atoms with van der Waals surface area (Å²) in [7, 11) is 0. The Hall–Kier alpha value is -0.950. The van der Waals surface area contributed by atoms with Gasteiger partial charge in [-0.15, -0.1) is 0 Å². The topological polar surface area (TPSA) is 37.3 Å². The van der Waals surface area contributed by atoms with Gasteiger partial charge in [0.1, 0.15) is 0 Å². The van der Waals surface area contributed by atoms with Gasteiger partial charge in [-0.05, 0) is 0 Å². The molecule has 0 aromatic heterocycles. The standard InChI is InChI=1S/C5H4F6O2/c6-2(7)1-4(8,9)5(10,11)3(12)13/h2H,1H2,(H,12,13). The van der Waals surface area contributed by atoms with Gasteiger partial charge >= 0.3 is 17.8 Å². The van der Waals surface area contributed by atoms with Crippen LogP contribution in [0.2, 0.25) is 0 Å². The number of alkyl halides is 6. The molecule has 0 atom stereocenters. The van der Waals surface area contributed by atoms with E-state index >= 15 is 0 Å². The second kappa shape index (κ2) is 3.43. The quantitative estimate of drug-likeness (QED) is 0.720. The molecule has 13 heavy (non-hydrogen) atoms. The van der Waals surface area contributed by atoms with Crippen LogP contribution in [0.4, 0.5) is 26.3 Å². The molecule has 0 aromatic rings. The zero-order valence-electron chi connectivity index (χ0n) is 5.91. The van der Waals surface area contributed by atoms with Crippen molar-refractivity contribution in [2.45, 2.75) is 24.7 Å². The van der Waals surface area contributed by atoms with E-state index in [9.17, 15) is 31.1 Å². The lowest BCUT2D eigenvalue weighted by atomic mass is 10.1. The molecule has 0 saturated carbocycles. The Balaban J connectivity index is 4.70. The van der Waals surface area contributed by atoms with Crippen molar-refractivity contribution in [1.82, 2.24) is 0 Å². The zero-order chi connectivity index (χ0) is 10.9. The van der Waals surface area contributed by atoms with E-state index in [1.165, 1.54) is 0 Å². The van der Waals surface area contributed by atoms with Crippen molar-refractivity contribution < 1.29 is 36.2 Å². The van der Waals surface area contributed by atoms with E-state index in [1.54, 1.807) is 0 Å². The highest BCUT2D eigenvalue weighted by molar-refractivity contribution is 5.76. The van der Waals surface area contributed by atoms with Crippen LogP contribution in [0.1, 0.15) is 6.42 Å². The van der Waals surface area contributed by atoms with Gasteiger partial charge in [0.15, 0.2) is 0 Å². The van der Waals surface area contributed by atoms with Crippen LogP contribution in [0.3, 0.4) is 0 Å². The minimum absolute atomic E-state index is 2.48. The van der Waals surface area contributed by atoms with E-state index in [2.05, 4.69) is 0 Å². The fourth-order valence-corrected chi connectivity index (χ4v) is 0.478. The smallest absolute Gasteiger partial charge is 0.404 e. The molecule has 0 heterocycles. The number of carboxylic acid groups (broad SMARTS) is 1. The fourth-order valence-electron chi connectivity index (χ4n) is 0.478. The van der Waals surface area contributed by atoms with Crippen LogP contribution in [0.5, 0.6) is 0 Å². The molecule has 0 fully saturated rings. The summed E-state index contributed by atoms with van der Waals surface area (Å²) in [6, 6.07) is 0. The molecular formula is C5H4F6O2. The summed E-state index contributed by atoms with van der Waals surface area (Å²) < 4.78 is 70.8. The normalized spacial score (nSPS) is 13.5. The first-order valence-electron chi connectivity index (χ1n) is 2.88. The van der Waals surface area contributed by atoms with Crippen LogP contribution in [-0.4, -0.2) is 29.3 Å². The third-order valence-corrected chi connectivity index (χ3v) is 1.14. The highest BCUT2D eigenvalue weighted by Gasteiger charge is 2.63. The first kappa shape index (κ1) is 12.0. The maximum absolute atomic E-state index is 12.1. The van der Waals surface area contributed by atoms with Crippen molar-refractivity contribution in [2.75, 3.05) is 0 Å². The van der Waals surface area contributed by atoms with Gasteiger partial charge in [0.05, 0.1) is 6.42 Å². The molecule has 1 N–H and O–H groups in total. The average molecular weight is 210 g/mol. The Kier molecular flexibility index (Phi) is 3.18. The van der Waals surface area contributed by atoms with Crippen molar-refractivity contribution in [3.05, 3.63) is 0 Å². The second-order valence-corrected chi connectivity index (χ2v) is 2.18. The molecule has 0 aliphatic heterocycles. The highest BCUT2D eigenvalue weighted by Crippen LogP contribution is 2.38. The van der Waals surface area contributed by atoms with Crippen LogP contribution >= 0.6 is 0 Å². The molecule has 2 nitrogen and oxygen atoms in total. The SMILES string of the molecule is O=C(O)C(F)(F)C(F)(F)CC(F)F. The molecule has 0 saturated heterocycles. The number of halogens is 6. The highest BCUT2D eigenvalue weighted by atomic mass is 19.3. The van der Waals surface area contributed by atoms with E-state index in [0.29, 0.717) is 0 Å². The molecule has 8 heteroatoms. The predicted molar refractivity (Wildman–Crippen MR) is 28.2 cm³/mol. The van der Waals surface area contributed by atoms with Gasteiger partial charge in [-0.1, -0.05) is 0 Å². The monoisotopic (exact) mass is 210 g/mol. The first-order chi connectivity index (χ1) is 5.61. The molecule has 0 rings (SSSR count). The number of hydrogen-bond donors (Lipinski definition) is 1. The number of rotatable bonds is 4. The lowest BCUT2D eigenvalue weighted by molar-refractivity contribution is -0.233. The third-order valence-electron chi connectivity index (χ3n) is 1.14. The lowest BCUT2D eigenvalue weighted by Crippen LogP contribution is -2.48. The number of carbonyl (C=O) groups is 1. The van der Waals surface area contributed by atoms with Gasteiger partial charge in [0.2, 0.25) is 6.43 Å². The van der Waals surface area contributed by atoms with E-state index < -0.39 is 30.7 Å². The number of hydrogen-bond acceptors (Lipinski definition) is 1. The fraction of sp³-hybridized carbons (Fsp3) is 0.800. The summed E-state index contributed by atoms with van der Waals surface area (Å²) in [6.45, 7) is 0. The summed E-state index contributed by atoms with van der Waals surface area (Å²) >= 11 is 0. The van der Waals surface area contributed by atoms with E-state index in [0.717, 1.165) is 0 Å². The largest absolute Gasteiger partial charge is 0.477 e. The summed E-state index contributed by atoms with van der Waals surface area (Å²) in [5.41, 5.74) is 0. The van der Waals surface area contributed by atoms with Crippen molar-refractivity contribution >= 4 is 5.97 Å². The number of carboxylic acids is 1. The number of aliphatic carboxylic acids is 1. The summed E-state index contributed by atoms with van der Waals surface area (Å²) in [5.74, 6) is -13.8. The molecule has 0 aliphatic rings. The van der Waals surface area contributed by atoms with Gasteiger partial charge in [-0.2, -0.15) is 17.6 Å². The maximum Gasteiger partial charge on any atom is 0.404 e. The molecular weight excluding hydrogens is 206 g/mol. The Morgan fingerprint density at radius 2 is 1.62 bits per heavy atom. The molecule has 78 valence electrons. The van der Waals surface area contributed by atoms with Crippen molar-refractivity contribution in [3.63, 3.8) is 0 Å². The van der Waals surface area contributed by atoms with Gasteiger partial charge in [0, 0.05) is 0 Å². The zero-order valence-corrected chi connectivity index (χ0v) is 5.91. The Morgan fingerprint density at radius 3 is 1.85 bits per heavy atom. The van der Waals surface area contributed by atoms with Crippen LogP contribution in [0.25, 0.3) is 0 Å². The molecule has 0 amide bonds. The van der Waals surface area contributed by atoms with E-state index in [4.69, 9.17) is 5.11 Å². The predicted octanol–water partition coefficient (Wildman–Crippen LogP) is 2.00. The van der Waals surface area contributed by atoms with Gasteiger partial charge in [0.25, 0.3) is 0 Å². The van der Waals surface area contributed by atoms with E-state index in [1.807, 2.05) is 0 Å². The molecule has 0 aliphatic carbocycles. The third kappa shape index (κ3) is 2.49. The minimum Gasteiger partial charge on any atom is -0.477 e. The van der Waals surface area contributed by atoms with Crippen LogP contribution in [0.15, 0.2) is 0 Å².